The van der Waals surface area contributed by atoms with Crippen molar-refractivity contribution in [1.29, 1.82) is 0 Å². The first-order valence-electron chi connectivity index (χ1n) is 6.11. The second-order valence-corrected chi connectivity index (χ2v) is 4.26. The van der Waals surface area contributed by atoms with Gasteiger partial charge in [0, 0.05) is 31.0 Å². The molecule has 0 fully saturated rings. The summed E-state index contributed by atoms with van der Waals surface area (Å²) in [6, 6.07) is 0.503. The number of aromatic amines is 1. The van der Waals surface area contributed by atoms with Crippen molar-refractivity contribution in [2.24, 2.45) is 0 Å². The van der Waals surface area contributed by atoms with E-state index in [-0.39, 0.29) is 0 Å². The Morgan fingerprint density at radius 1 is 1.44 bits per heavy atom. The Labute approximate surface area is 98.5 Å². The Hall–Kier alpha value is -0.870. The van der Waals surface area contributed by atoms with E-state index < -0.39 is 0 Å². The molecule has 1 aromatic rings. The summed E-state index contributed by atoms with van der Waals surface area (Å²) in [6.45, 7) is 12.8. The van der Waals surface area contributed by atoms with Crippen LogP contribution in [-0.2, 0) is 6.54 Å². The number of imidazole rings is 1. The summed E-state index contributed by atoms with van der Waals surface area (Å²) < 4.78 is 0. The molecular formula is C12H24N4. The summed E-state index contributed by atoms with van der Waals surface area (Å²) in [7, 11) is 0. The summed E-state index contributed by atoms with van der Waals surface area (Å²) >= 11 is 0. The highest BCUT2D eigenvalue weighted by Crippen LogP contribution is 1.97. The van der Waals surface area contributed by atoms with Crippen molar-refractivity contribution in [3.05, 3.63) is 17.7 Å². The van der Waals surface area contributed by atoms with Crippen LogP contribution < -0.4 is 5.32 Å². The largest absolute Gasteiger partial charge is 0.345 e. The smallest absolute Gasteiger partial charge is 0.103 e. The average molecular weight is 224 g/mol. The molecule has 0 saturated heterocycles. The lowest BCUT2D eigenvalue weighted by Crippen LogP contribution is -2.38. The predicted octanol–water partition coefficient (Wildman–Crippen LogP) is 1.54. The van der Waals surface area contributed by atoms with Gasteiger partial charge < -0.3 is 15.2 Å². The molecule has 1 heterocycles. The average Bonchev–Trinajstić information content (AvgIpc) is 2.69. The Morgan fingerprint density at radius 3 is 2.62 bits per heavy atom. The van der Waals surface area contributed by atoms with Crippen LogP contribution in [0.1, 0.15) is 32.3 Å². The molecule has 0 aromatic carbocycles. The third-order valence-electron chi connectivity index (χ3n) is 2.82. The number of aromatic nitrogens is 2. The molecule has 0 aliphatic carbocycles. The summed E-state index contributed by atoms with van der Waals surface area (Å²) in [5.74, 6) is 0.980. The maximum absolute atomic E-state index is 4.18. The fraction of sp³-hybridized carbons (Fsp3) is 0.750. The van der Waals surface area contributed by atoms with E-state index in [4.69, 9.17) is 0 Å². The SMILES string of the molecule is CCN(CC)CC(C)NCc1cnc(C)[nH]1. The summed E-state index contributed by atoms with van der Waals surface area (Å²) in [5, 5.41) is 3.50. The molecule has 0 saturated carbocycles. The third kappa shape index (κ3) is 4.33. The second-order valence-electron chi connectivity index (χ2n) is 4.26. The number of nitrogens with one attached hydrogen (secondary N) is 2. The van der Waals surface area contributed by atoms with Gasteiger partial charge in [0.05, 0.1) is 0 Å². The van der Waals surface area contributed by atoms with E-state index >= 15 is 0 Å². The maximum atomic E-state index is 4.18. The minimum atomic E-state index is 0.503. The molecule has 92 valence electrons. The predicted molar refractivity (Wildman–Crippen MR) is 67.4 cm³/mol. The molecule has 0 spiro atoms. The van der Waals surface area contributed by atoms with Crippen molar-refractivity contribution in [1.82, 2.24) is 20.2 Å². The van der Waals surface area contributed by atoms with Crippen molar-refractivity contribution in [3.63, 3.8) is 0 Å². The van der Waals surface area contributed by atoms with Gasteiger partial charge in [-0.1, -0.05) is 13.8 Å². The van der Waals surface area contributed by atoms with Crippen LogP contribution in [0.5, 0.6) is 0 Å². The quantitative estimate of drug-likeness (QED) is 0.738. The van der Waals surface area contributed by atoms with Gasteiger partial charge in [0.25, 0.3) is 0 Å². The van der Waals surface area contributed by atoms with Crippen LogP contribution in [-0.4, -0.2) is 40.5 Å². The van der Waals surface area contributed by atoms with Crippen LogP contribution in [0.3, 0.4) is 0 Å². The van der Waals surface area contributed by atoms with Crippen molar-refractivity contribution in [3.8, 4) is 0 Å². The third-order valence-corrected chi connectivity index (χ3v) is 2.82. The second kappa shape index (κ2) is 6.66. The highest BCUT2D eigenvalue weighted by Gasteiger charge is 2.06. The van der Waals surface area contributed by atoms with E-state index in [1.807, 2.05) is 13.1 Å². The van der Waals surface area contributed by atoms with E-state index in [1.165, 1.54) is 0 Å². The van der Waals surface area contributed by atoms with E-state index in [9.17, 15) is 0 Å². The van der Waals surface area contributed by atoms with Crippen LogP contribution >= 0.6 is 0 Å². The Morgan fingerprint density at radius 2 is 2.12 bits per heavy atom. The van der Waals surface area contributed by atoms with Crippen molar-refractivity contribution in [2.75, 3.05) is 19.6 Å². The zero-order chi connectivity index (χ0) is 12.0. The topological polar surface area (TPSA) is 44.0 Å². The van der Waals surface area contributed by atoms with Gasteiger partial charge in [-0.3, -0.25) is 0 Å². The first-order valence-corrected chi connectivity index (χ1v) is 6.11. The molecular weight excluding hydrogens is 200 g/mol. The number of H-pyrrole nitrogens is 1. The highest BCUT2D eigenvalue weighted by atomic mass is 15.1. The van der Waals surface area contributed by atoms with Crippen molar-refractivity contribution in [2.45, 2.75) is 40.3 Å². The van der Waals surface area contributed by atoms with E-state index in [0.29, 0.717) is 6.04 Å². The molecule has 0 aliphatic rings. The van der Waals surface area contributed by atoms with Crippen LogP contribution in [0.25, 0.3) is 0 Å². The Balaban J connectivity index is 2.26. The van der Waals surface area contributed by atoms with Gasteiger partial charge in [-0.25, -0.2) is 4.98 Å². The van der Waals surface area contributed by atoms with Gasteiger partial charge in [0.15, 0.2) is 0 Å². The summed E-state index contributed by atoms with van der Waals surface area (Å²) in [6.07, 6.45) is 1.90. The number of rotatable bonds is 7. The number of aryl methyl sites for hydroxylation is 1. The van der Waals surface area contributed by atoms with Crippen LogP contribution in [0.4, 0.5) is 0 Å². The van der Waals surface area contributed by atoms with Gasteiger partial charge in [-0.05, 0) is 26.9 Å². The molecule has 4 nitrogen and oxygen atoms in total. The minimum absolute atomic E-state index is 0.503. The molecule has 0 amide bonds. The molecule has 1 aromatic heterocycles. The lowest BCUT2D eigenvalue weighted by Gasteiger charge is -2.23. The number of likely N-dealkylation sites (N-methyl/N-ethyl adjacent to an activating group) is 1. The van der Waals surface area contributed by atoms with E-state index in [1.54, 1.807) is 0 Å². The molecule has 0 aliphatic heterocycles. The number of hydrogen-bond acceptors (Lipinski definition) is 3. The van der Waals surface area contributed by atoms with Gasteiger partial charge in [-0.2, -0.15) is 0 Å². The van der Waals surface area contributed by atoms with Crippen LogP contribution in [0, 0.1) is 6.92 Å². The zero-order valence-corrected chi connectivity index (χ0v) is 10.9. The first-order chi connectivity index (χ1) is 7.65. The standard InChI is InChI=1S/C12H24N4/c1-5-16(6-2)9-10(3)13-7-12-8-14-11(4)15-12/h8,10,13H,5-7,9H2,1-4H3,(H,14,15). The number of hydrogen-bond donors (Lipinski definition) is 2. The van der Waals surface area contributed by atoms with Crippen molar-refractivity contribution < 1.29 is 0 Å². The minimum Gasteiger partial charge on any atom is -0.345 e. The molecule has 0 radical (unpaired) electrons. The van der Waals surface area contributed by atoms with Crippen LogP contribution in [0.15, 0.2) is 6.20 Å². The fourth-order valence-corrected chi connectivity index (χ4v) is 1.78. The fourth-order valence-electron chi connectivity index (χ4n) is 1.78. The first kappa shape index (κ1) is 13.2. The maximum Gasteiger partial charge on any atom is 0.103 e. The lowest BCUT2D eigenvalue weighted by atomic mass is 10.3. The number of nitrogens with zero attached hydrogens (tertiary/aromatic N) is 2. The monoisotopic (exact) mass is 224 g/mol. The normalized spacial score (nSPS) is 13.3. The van der Waals surface area contributed by atoms with E-state index in [0.717, 1.165) is 37.7 Å². The summed E-state index contributed by atoms with van der Waals surface area (Å²) in [4.78, 5) is 9.83. The lowest BCUT2D eigenvalue weighted by molar-refractivity contribution is 0.270. The van der Waals surface area contributed by atoms with Crippen LogP contribution in [0.2, 0.25) is 0 Å². The van der Waals surface area contributed by atoms with Gasteiger partial charge in [-0.15, -0.1) is 0 Å². The molecule has 1 atom stereocenters. The molecule has 16 heavy (non-hydrogen) atoms. The molecule has 1 unspecified atom stereocenters. The Kier molecular flexibility index (Phi) is 5.49. The zero-order valence-electron chi connectivity index (χ0n) is 10.9. The van der Waals surface area contributed by atoms with E-state index in [2.05, 4.69) is 41.0 Å². The summed E-state index contributed by atoms with van der Waals surface area (Å²) in [5.41, 5.74) is 1.16. The molecule has 1 rings (SSSR count). The van der Waals surface area contributed by atoms with Crippen molar-refractivity contribution >= 4 is 0 Å². The molecule has 0 bridgehead atoms. The van der Waals surface area contributed by atoms with Gasteiger partial charge in [0.2, 0.25) is 0 Å². The van der Waals surface area contributed by atoms with Gasteiger partial charge >= 0.3 is 0 Å². The molecule has 4 heteroatoms. The van der Waals surface area contributed by atoms with Gasteiger partial charge in [0.1, 0.15) is 5.82 Å². The Bertz CT molecular complexity index is 291. The highest BCUT2D eigenvalue weighted by molar-refractivity contribution is 4.99. The molecule has 2 N–H and O–H groups in total.